The van der Waals surface area contributed by atoms with Crippen LogP contribution < -0.4 is 15.0 Å². The highest BCUT2D eigenvalue weighted by atomic mass is 32.2. The molecule has 0 bridgehead atoms. The molecular weight excluding hydrogens is 499 g/mol. The van der Waals surface area contributed by atoms with Crippen LogP contribution in [0.3, 0.4) is 0 Å². The van der Waals surface area contributed by atoms with Gasteiger partial charge in [-0.1, -0.05) is 12.0 Å². The SMILES string of the molecule is COc1cc(S(C)(=O)=O)ccc1NC(=O)OCC#Cc1cc2c(N(C)C)cccc2n1CC(F)(F)F. The van der Waals surface area contributed by atoms with E-state index in [0.717, 1.165) is 16.5 Å². The van der Waals surface area contributed by atoms with Crippen LogP contribution in [-0.4, -0.2) is 59.3 Å². The first-order valence-electron chi connectivity index (χ1n) is 10.5. The molecule has 1 heterocycles. The van der Waals surface area contributed by atoms with Crippen LogP contribution in [0.1, 0.15) is 5.69 Å². The third-order valence-electron chi connectivity index (χ3n) is 5.07. The van der Waals surface area contributed by atoms with Crippen LogP contribution in [0.2, 0.25) is 0 Å². The maximum Gasteiger partial charge on any atom is 0.412 e. The minimum atomic E-state index is -4.46. The van der Waals surface area contributed by atoms with Crippen molar-refractivity contribution in [3.63, 3.8) is 0 Å². The molecule has 0 fully saturated rings. The zero-order valence-corrected chi connectivity index (χ0v) is 20.7. The Morgan fingerprint density at radius 3 is 2.50 bits per heavy atom. The molecule has 0 aliphatic carbocycles. The van der Waals surface area contributed by atoms with Gasteiger partial charge in [-0.15, -0.1) is 0 Å². The Labute approximate surface area is 206 Å². The van der Waals surface area contributed by atoms with Crippen LogP contribution in [0.4, 0.5) is 29.3 Å². The topological polar surface area (TPSA) is 89.9 Å². The highest BCUT2D eigenvalue weighted by Crippen LogP contribution is 2.31. The summed E-state index contributed by atoms with van der Waals surface area (Å²) in [7, 11) is 1.41. The van der Waals surface area contributed by atoms with Gasteiger partial charge in [0.25, 0.3) is 0 Å². The van der Waals surface area contributed by atoms with Gasteiger partial charge < -0.3 is 18.9 Å². The fourth-order valence-electron chi connectivity index (χ4n) is 3.49. The van der Waals surface area contributed by atoms with Crippen molar-refractivity contribution in [1.82, 2.24) is 4.57 Å². The van der Waals surface area contributed by atoms with Crippen LogP contribution in [0, 0.1) is 11.8 Å². The second-order valence-electron chi connectivity index (χ2n) is 7.97. The molecule has 8 nitrogen and oxygen atoms in total. The number of ether oxygens (including phenoxy) is 2. The van der Waals surface area contributed by atoms with Gasteiger partial charge in [-0.2, -0.15) is 13.2 Å². The van der Waals surface area contributed by atoms with Gasteiger partial charge in [-0.3, -0.25) is 5.32 Å². The summed E-state index contributed by atoms with van der Waals surface area (Å²) in [4.78, 5) is 14.0. The molecule has 3 aromatic rings. The summed E-state index contributed by atoms with van der Waals surface area (Å²) in [6.45, 7) is -1.62. The number of hydrogen-bond donors (Lipinski definition) is 1. The van der Waals surface area contributed by atoms with E-state index in [1.807, 2.05) is 0 Å². The lowest BCUT2D eigenvalue weighted by Gasteiger charge is -2.15. The van der Waals surface area contributed by atoms with Crippen LogP contribution in [0.5, 0.6) is 5.75 Å². The lowest BCUT2D eigenvalue weighted by Crippen LogP contribution is -2.18. The normalized spacial score (nSPS) is 11.5. The number of nitrogens with one attached hydrogen (secondary N) is 1. The van der Waals surface area contributed by atoms with Crippen molar-refractivity contribution in [2.45, 2.75) is 17.6 Å². The maximum absolute atomic E-state index is 13.2. The van der Waals surface area contributed by atoms with Crippen molar-refractivity contribution in [3.05, 3.63) is 48.2 Å². The lowest BCUT2D eigenvalue weighted by atomic mass is 10.2. The smallest absolute Gasteiger partial charge is 0.412 e. The van der Waals surface area contributed by atoms with E-state index >= 15 is 0 Å². The van der Waals surface area contributed by atoms with Crippen molar-refractivity contribution in [3.8, 4) is 17.6 Å². The highest BCUT2D eigenvalue weighted by Gasteiger charge is 2.30. The van der Waals surface area contributed by atoms with E-state index in [1.54, 1.807) is 43.3 Å². The third kappa shape index (κ3) is 6.42. The number of hydrogen-bond acceptors (Lipinski definition) is 6. The molecular formula is C24H24F3N3O5S. The average Bonchev–Trinajstić information content (AvgIpc) is 3.11. The second kappa shape index (κ2) is 10.4. The molecule has 3 rings (SSSR count). The van der Waals surface area contributed by atoms with Gasteiger partial charge in [0.2, 0.25) is 0 Å². The molecule has 0 spiro atoms. The van der Waals surface area contributed by atoms with Crippen LogP contribution in [0.25, 0.3) is 10.9 Å². The van der Waals surface area contributed by atoms with Crippen molar-refractivity contribution in [2.75, 3.05) is 44.3 Å². The van der Waals surface area contributed by atoms with E-state index in [-0.39, 0.29) is 22.0 Å². The molecule has 1 N–H and O–H groups in total. The van der Waals surface area contributed by atoms with Gasteiger partial charge in [0.1, 0.15) is 12.3 Å². The molecule has 1 amide bonds. The number of alkyl halides is 3. The molecule has 0 atom stereocenters. The molecule has 0 radical (unpaired) electrons. The number of carbonyl (C=O) groups excluding carboxylic acids is 1. The Morgan fingerprint density at radius 2 is 1.89 bits per heavy atom. The van der Waals surface area contributed by atoms with E-state index in [0.29, 0.717) is 10.9 Å². The maximum atomic E-state index is 13.2. The first-order chi connectivity index (χ1) is 16.8. The number of sulfone groups is 1. The first-order valence-corrected chi connectivity index (χ1v) is 12.4. The Bertz CT molecular complexity index is 1450. The predicted octanol–water partition coefficient (Wildman–Crippen LogP) is 4.28. The molecule has 36 heavy (non-hydrogen) atoms. The van der Waals surface area contributed by atoms with Gasteiger partial charge in [0.05, 0.1) is 28.9 Å². The van der Waals surface area contributed by atoms with E-state index in [9.17, 15) is 26.4 Å². The highest BCUT2D eigenvalue weighted by molar-refractivity contribution is 7.90. The molecule has 0 unspecified atom stereocenters. The number of aromatic nitrogens is 1. The molecule has 0 aliphatic heterocycles. The lowest BCUT2D eigenvalue weighted by molar-refractivity contribution is -0.140. The summed E-state index contributed by atoms with van der Waals surface area (Å²) in [6.07, 6.45) is -4.32. The second-order valence-corrected chi connectivity index (χ2v) is 9.99. The minimum absolute atomic E-state index is 0.0100. The van der Waals surface area contributed by atoms with E-state index in [2.05, 4.69) is 17.2 Å². The molecule has 0 aliphatic rings. The third-order valence-corrected chi connectivity index (χ3v) is 6.18. The summed E-state index contributed by atoms with van der Waals surface area (Å²) in [5.74, 6) is 5.33. The zero-order chi connectivity index (χ0) is 26.7. The zero-order valence-electron chi connectivity index (χ0n) is 19.9. The number of benzene rings is 2. The van der Waals surface area contributed by atoms with Crippen molar-refractivity contribution >= 4 is 38.2 Å². The Hall–Kier alpha value is -3.85. The molecule has 0 saturated carbocycles. The monoisotopic (exact) mass is 523 g/mol. The summed E-state index contributed by atoms with van der Waals surface area (Å²) in [6, 6.07) is 10.5. The number of methoxy groups -OCH3 is 1. The van der Waals surface area contributed by atoms with Crippen LogP contribution >= 0.6 is 0 Å². The molecule has 2 aromatic carbocycles. The van der Waals surface area contributed by atoms with Crippen molar-refractivity contribution < 1.29 is 35.9 Å². The molecule has 12 heteroatoms. The summed E-state index contributed by atoms with van der Waals surface area (Å²) in [5.41, 5.74) is 1.41. The van der Waals surface area contributed by atoms with Crippen LogP contribution in [-0.2, 0) is 21.1 Å². The van der Waals surface area contributed by atoms with Gasteiger partial charge >= 0.3 is 12.3 Å². The van der Waals surface area contributed by atoms with E-state index in [1.165, 1.54) is 25.3 Å². The summed E-state index contributed by atoms with van der Waals surface area (Å²) >= 11 is 0. The number of amides is 1. The number of fused-ring (bicyclic) bond motifs is 1. The summed E-state index contributed by atoms with van der Waals surface area (Å²) in [5, 5.41) is 3.02. The Balaban J connectivity index is 1.78. The van der Waals surface area contributed by atoms with Crippen molar-refractivity contribution in [1.29, 1.82) is 0 Å². The van der Waals surface area contributed by atoms with Crippen molar-refractivity contribution in [2.24, 2.45) is 0 Å². The number of halogens is 3. The number of rotatable bonds is 6. The van der Waals surface area contributed by atoms with E-state index in [4.69, 9.17) is 9.47 Å². The van der Waals surface area contributed by atoms with Gasteiger partial charge in [0, 0.05) is 37.5 Å². The number of anilines is 2. The quantitative estimate of drug-likeness (QED) is 0.485. The van der Waals surface area contributed by atoms with Gasteiger partial charge in [0.15, 0.2) is 16.4 Å². The minimum Gasteiger partial charge on any atom is -0.495 e. The predicted molar refractivity (Wildman–Crippen MR) is 130 cm³/mol. The van der Waals surface area contributed by atoms with Gasteiger partial charge in [-0.25, -0.2) is 13.2 Å². The summed E-state index contributed by atoms with van der Waals surface area (Å²) < 4.78 is 74.3. The average molecular weight is 524 g/mol. The first kappa shape index (κ1) is 26.7. The van der Waals surface area contributed by atoms with E-state index < -0.39 is 35.3 Å². The Morgan fingerprint density at radius 1 is 1.17 bits per heavy atom. The fourth-order valence-corrected chi connectivity index (χ4v) is 4.13. The van der Waals surface area contributed by atoms with Gasteiger partial charge in [-0.05, 0) is 36.3 Å². The number of nitrogens with zero attached hydrogens (tertiary/aromatic N) is 2. The number of carbonyl (C=O) groups is 1. The fraction of sp³-hybridized carbons (Fsp3) is 0.292. The Kier molecular flexibility index (Phi) is 7.74. The molecule has 1 aromatic heterocycles. The largest absolute Gasteiger partial charge is 0.495 e. The standard InChI is InChI=1S/C24H24F3N3O5S/c1-29(2)20-8-5-9-21-18(20)13-16(30(21)15-24(25,26)27)7-6-12-35-23(31)28-19-11-10-17(36(4,32)33)14-22(19)34-3/h5,8-11,13-14H,12,15H2,1-4H3,(H,28,31). The molecule has 192 valence electrons. The van der Waals surface area contributed by atoms with Crippen LogP contribution in [0.15, 0.2) is 47.4 Å². The molecule has 0 saturated heterocycles.